The Hall–Kier alpha value is -2.41. The van der Waals surface area contributed by atoms with Gasteiger partial charge in [-0.15, -0.1) is 0 Å². The van der Waals surface area contributed by atoms with Crippen molar-refractivity contribution in [1.29, 1.82) is 0 Å². The fraction of sp³-hybridized carbons (Fsp3) is 0.267. The molecule has 0 fully saturated rings. The highest BCUT2D eigenvalue weighted by atomic mass is 35.5. The number of amides is 1. The van der Waals surface area contributed by atoms with Crippen LogP contribution in [-0.2, 0) is 20.7 Å². The lowest BCUT2D eigenvalue weighted by atomic mass is 10.1. The van der Waals surface area contributed by atoms with Crippen LogP contribution in [0.2, 0.25) is 5.02 Å². The molecule has 1 atom stereocenters. The summed E-state index contributed by atoms with van der Waals surface area (Å²) in [6.07, 6.45) is -1.46. The van der Waals surface area contributed by atoms with Crippen molar-refractivity contribution >= 4 is 29.4 Å². The largest absolute Gasteiger partial charge is 0.452 e. The van der Waals surface area contributed by atoms with Crippen LogP contribution in [0, 0.1) is 12.7 Å². The van der Waals surface area contributed by atoms with Gasteiger partial charge in [0.25, 0.3) is 5.91 Å². The molecule has 1 unspecified atom stereocenters. The van der Waals surface area contributed by atoms with Gasteiger partial charge in [-0.2, -0.15) is 0 Å². The van der Waals surface area contributed by atoms with E-state index in [0.717, 1.165) is 0 Å². The van der Waals surface area contributed by atoms with Crippen molar-refractivity contribution in [3.63, 3.8) is 0 Å². The highest BCUT2D eigenvalue weighted by molar-refractivity contribution is 6.31. The molecule has 0 radical (unpaired) electrons. The van der Waals surface area contributed by atoms with Gasteiger partial charge in [-0.05, 0) is 26.0 Å². The van der Waals surface area contributed by atoms with E-state index >= 15 is 0 Å². The van der Waals surface area contributed by atoms with Gasteiger partial charge < -0.3 is 9.26 Å². The number of nitrogens with zero attached hydrogens (tertiary/aromatic N) is 1. The van der Waals surface area contributed by atoms with Gasteiger partial charge in [0, 0.05) is 16.7 Å². The molecular formula is C15H14ClFN2O4. The number of carbonyl (C=O) groups is 2. The van der Waals surface area contributed by atoms with Gasteiger partial charge in [-0.3, -0.25) is 14.9 Å². The highest BCUT2D eigenvalue weighted by Gasteiger charge is 2.21. The lowest BCUT2D eigenvalue weighted by Gasteiger charge is -2.12. The lowest BCUT2D eigenvalue weighted by molar-refractivity contribution is -0.152. The molecule has 0 saturated heterocycles. The maximum atomic E-state index is 13.6. The van der Waals surface area contributed by atoms with E-state index in [-0.39, 0.29) is 22.9 Å². The molecule has 0 aliphatic rings. The number of nitrogens with one attached hydrogen (secondary N) is 1. The second kappa shape index (κ2) is 7.23. The van der Waals surface area contributed by atoms with Gasteiger partial charge in [0.15, 0.2) is 6.10 Å². The number of anilines is 1. The summed E-state index contributed by atoms with van der Waals surface area (Å²) in [6, 6.07) is 5.61. The molecule has 0 spiro atoms. The number of esters is 1. The van der Waals surface area contributed by atoms with Gasteiger partial charge in [0.2, 0.25) is 5.88 Å². The Kier molecular flexibility index (Phi) is 5.33. The number of hydrogen-bond acceptors (Lipinski definition) is 5. The number of aromatic nitrogens is 1. The molecule has 0 bridgehead atoms. The van der Waals surface area contributed by atoms with Gasteiger partial charge in [0.05, 0.1) is 12.1 Å². The van der Waals surface area contributed by atoms with E-state index in [2.05, 4.69) is 10.5 Å². The summed E-state index contributed by atoms with van der Waals surface area (Å²) in [7, 11) is 0. The zero-order valence-electron chi connectivity index (χ0n) is 12.4. The van der Waals surface area contributed by atoms with Crippen molar-refractivity contribution in [3.05, 3.63) is 46.4 Å². The summed E-state index contributed by atoms with van der Waals surface area (Å²) < 4.78 is 23.4. The third-order valence-corrected chi connectivity index (χ3v) is 3.29. The first-order valence-electron chi connectivity index (χ1n) is 6.73. The molecule has 0 aliphatic heterocycles. The van der Waals surface area contributed by atoms with Gasteiger partial charge in [0.1, 0.15) is 5.82 Å². The predicted molar refractivity (Wildman–Crippen MR) is 80.5 cm³/mol. The minimum atomic E-state index is -1.08. The topological polar surface area (TPSA) is 81.4 Å². The van der Waals surface area contributed by atoms with Crippen molar-refractivity contribution in [1.82, 2.24) is 5.16 Å². The summed E-state index contributed by atoms with van der Waals surface area (Å²) in [6.45, 7) is 3.08. The molecule has 1 amide bonds. The third kappa shape index (κ3) is 4.53. The average molecular weight is 341 g/mol. The van der Waals surface area contributed by atoms with Crippen LogP contribution >= 0.6 is 11.6 Å². The molecule has 1 N–H and O–H groups in total. The molecule has 6 nitrogen and oxygen atoms in total. The molecule has 1 aromatic carbocycles. The lowest BCUT2D eigenvalue weighted by Crippen LogP contribution is -2.30. The minimum Gasteiger partial charge on any atom is -0.452 e. The van der Waals surface area contributed by atoms with Gasteiger partial charge in [-0.1, -0.05) is 22.8 Å². The number of hydrogen-bond donors (Lipinski definition) is 1. The maximum Gasteiger partial charge on any atom is 0.311 e. The van der Waals surface area contributed by atoms with Crippen LogP contribution in [0.1, 0.15) is 18.2 Å². The Morgan fingerprint density at radius 3 is 2.83 bits per heavy atom. The zero-order chi connectivity index (χ0) is 17.0. The molecule has 1 aromatic heterocycles. The Bertz CT molecular complexity index is 712. The Morgan fingerprint density at radius 2 is 2.22 bits per heavy atom. The van der Waals surface area contributed by atoms with E-state index < -0.39 is 23.8 Å². The molecule has 8 heteroatoms. The second-order valence-corrected chi connectivity index (χ2v) is 5.24. The van der Waals surface area contributed by atoms with Crippen LogP contribution in [-0.4, -0.2) is 23.1 Å². The molecule has 0 aliphatic carbocycles. The van der Waals surface area contributed by atoms with Crippen LogP contribution < -0.4 is 5.32 Å². The van der Waals surface area contributed by atoms with Crippen LogP contribution in [0.25, 0.3) is 0 Å². The molecule has 122 valence electrons. The number of rotatable bonds is 5. The number of ether oxygens (including phenoxy) is 1. The van der Waals surface area contributed by atoms with E-state index in [9.17, 15) is 14.0 Å². The van der Waals surface area contributed by atoms with Crippen molar-refractivity contribution in [2.24, 2.45) is 0 Å². The number of aryl methyl sites for hydroxylation is 1. The smallest absolute Gasteiger partial charge is 0.311 e. The molecule has 0 saturated carbocycles. The van der Waals surface area contributed by atoms with Crippen LogP contribution in [0.3, 0.4) is 0 Å². The van der Waals surface area contributed by atoms with Crippen molar-refractivity contribution < 1.29 is 23.2 Å². The first-order valence-corrected chi connectivity index (χ1v) is 7.11. The molecular weight excluding hydrogens is 327 g/mol. The van der Waals surface area contributed by atoms with E-state index in [0.29, 0.717) is 5.69 Å². The summed E-state index contributed by atoms with van der Waals surface area (Å²) in [4.78, 5) is 23.7. The van der Waals surface area contributed by atoms with E-state index in [4.69, 9.17) is 20.9 Å². The quantitative estimate of drug-likeness (QED) is 0.846. The normalized spacial score (nSPS) is 11.8. The SMILES string of the molecule is Cc1cc(NC(=O)C(C)OC(=O)Cc2c(F)cccc2Cl)on1. The van der Waals surface area contributed by atoms with E-state index in [1.165, 1.54) is 31.2 Å². The summed E-state index contributed by atoms with van der Waals surface area (Å²) >= 11 is 5.84. The van der Waals surface area contributed by atoms with E-state index in [1.54, 1.807) is 6.92 Å². The summed E-state index contributed by atoms with van der Waals surface area (Å²) in [5.41, 5.74) is 0.622. The Balaban J connectivity index is 1.93. The molecule has 2 rings (SSSR count). The number of halogens is 2. The van der Waals surface area contributed by atoms with Gasteiger partial charge >= 0.3 is 5.97 Å². The monoisotopic (exact) mass is 340 g/mol. The summed E-state index contributed by atoms with van der Waals surface area (Å²) in [5.74, 6) is -1.82. The first-order chi connectivity index (χ1) is 10.9. The van der Waals surface area contributed by atoms with Crippen molar-refractivity contribution in [2.45, 2.75) is 26.4 Å². The number of carbonyl (C=O) groups excluding carboxylic acids is 2. The fourth-order valence-corrected chi connectivity index (χ4v) is 2.01. The van der Waals surface area contributed by atoms with Crippen LogP contribution in [0.5, 0.6) is 0 Å². The average Bonchev–Trinajstić information content (AvgIpc) is 2.88. The third-order valence-electron chi connectivity index (χ3n) is 2.93. The van der Waals surface area contributed by atoms with Crippen LogP contribution in [0.15, 0.2) is 28.8 Å². The Morgan fingerprint density at radius 1 is 1.48 bits per heavy atom. The first kappa shape index (κ1) is 17.0. The fourth-order valence-electron chi connectivity index (χ4n) is 1.78. The van der Waals surface area contributed by atoms with Crippen molar-refractivity contribution in [3.8, 4) is 0 Å². The number of benzene rings is 1. The van der Waals surface area contributed by atoms with Crippen molar-refractivity contribution in [2.75, 3.05) is 5.32 Å². The standard InChI is InChI=1S/C15H14ClFN2O4/c1-8-6-13(23-19-8)18-15(21)9(2)22-14(20)7-10-11(16)4-3-5-12(10)17/h3-6,9H,7H2,1-2H3,(H,18,21). The molecule has 2 aromatic rings. The highest BCUT2D eigenvalue weighted by Crippen LogP contribution is 2.20. The van der Waals surface area contributed by atoms with Crippen LogP contribution in [0.4, 0.5) is 10.3 Å². The predicted octanol–water partition coefficient (Wildman–Crippen LogP) is 2.89. The van der Waals surface area contributed by atoms with E-state index in [1.807, 2.05) is 0 Å². The maximum absolute atomic E-state index is 13.6. The van der Waals surface area contributed by atoms with Gasteiger partial charge in [-0.25, -0.2) is 4.39 Å². The minimum absolute atomic E-state index is 0.0256. The molecule has 1 heterocycles. The molecule has 23 heavy (non-hydrogen) atoms. The Labute approximate surface area is 136 Å². The second-order valence-electron chi connectivity index (χ2n) is 4.83. The summed E-state index contributed by atoms with van der Waals surface area (Å²) in [5, 5.41) is 6.14. The zero-order valence-corrected chi connectivity index (χ0v) is 13.2.